The number of ether oxygens (including phenoxy) is 1. The molecule has 0 atom stereocenters. The van der Waals surface area contributed by atoms with E-state index in [-0.39, 0.29) is 0 Å². The van der Waals surface area contributed by atoms with Crippen molar-refractivity contribution in [3.8, 4) is 0 Å². The van der Waals surface area contributed by atoms with Gasteiger partial charge in [-0.05, 0) is 51.8 Å². The van der Waals surface area contributed by atoms with Crippen molar-refractivity contribution in [2.45, 2.75) is 32.8 Å². The third-order valence-corrected chi connectivity index (χ3v) is 1.89. The molecule has 0 unspecified atom stereocenters. The smallest absolute Gasteiger partial charge is 0.412 e. The SMILES string of the molecule is [CH2]Cc1ccc(NC(=O)OC(C)(C)C)cc1. The highest BCUT2D eigenvalue weighted by Gasteiger charge is 2.15. The molecular weight excluding hydrogens is 202 g/mol. The lowest BCUT2D eigenvalue weighted by Crippen LogP contribution is -2.27. The van der Waals surface area contributed by atoms with Crippen LogP contribution in [0, 0.1) is 6.92 Å². The van der Waals surface area contributed by atoms with Crippen LogP contribution in [0.4, 0.5) is 10.5 Å². The fraction of sp³-hybridized carbons (Fsp3) is 0.385. The zero-order chi connectivity index (χ0) is 12.2. The van der Waals surface area contributed by atoms with Crippen molar-refractivity contribution in [3.05, 3.63) is 36.8 Å². The highest BCUT2D eigenvalue weighted by molar-refractivity contribution is 5.84. The van der Waals surface area contributed by atoms with Crippen molar-refractivity contribution in [1.82, 2.24) is 0 Å². The van der Waals surface area contributed by atoms with Crippen LogP contribution in [0.1, 0.15) is 26.3 Å². The number of carbonyl (C=O) groups excluding carboxylic acids is 1. The predicted molar refractivity (Wildman–Crippen MR) is 65.4 cm³/mol. The molecule has 0 aliphatic heterocycles. The van der Waals surface area contributed by atoms with E-state index < -0.39 is 11.7 Å². The Hall–Kier alpha value is -1.51. The molecule has 87 valence electrons. The van der Waals surface area contributed by atoms with Crippen molar-refractivity contribution < 1.29 is 9.53 Å². The highest BCUT2D eigenvalue weighted by Crippen LogP contribution is 2.12. The summed E-state index contributed by atoms with van der Waals surface area (Å²) in [4.78, 5) is 11.4. The van der Waals surface area contributed by atoms with E-state index in [0.29, 0.717) is 0 Å². The average molecular weight is 220 g/mol. The molecule has 1 aromatic rings. The maximum absolute atomic E-state index is 11.4. The Kier molecular flexibility index (Phi) is 3.93. The summed E-state index contributed by atoms with van der Waals surface area (Å²) in [6.07, 6.45) is 0.307. The van der Waals surface area contributed by atoms with Gasteiger partial charge in [0.1, 0.15) is 5.60 Å². The number of benzene rings is 1. The van der Waals surface area contributed by atoms with Crippen LogP contribution in [0.2, 0.25) is 0 Å². The monoisotopic (exact) mass is 220 g/mol. The van der Waals surface area contributed by atoms with Gasteiger partial charge in [0.15, 0.2) is 0 Å². The molecule has 0 heterocycles. The minimum Gasteiger partial charge on any atom is -0.444 e. The Bertz CT molecular complexity index is 349. The molecule has 0 saturated heterocycles. The summed E-state index contributed by atoms with van der Waals surface area (Å²) in [7, 11) is 0. The van der Waals surface area contributed by atoms with Gasteiger partial charge >= 0.3 is 6.09 Å². The molecule has 0 saturated carbocycles. The first-order valence-electron chi connectivity index (χ1n) is 5.29. The quantitative estimate of drug-likeness (QED) is 0.829. The van der Waals surface area contributed by atoms with Crippen molar-refractivity contribution in [3.63, 3.8) is 0 Å². The van der Waals surface area contributed by atoms with Gasteiger partial charge in [0, 0.05) is 5.69 Å². The second-order valence-corrected chi connectivity index (χ2v) is 4.57. The number of nitrogens with one attached hydrogen (secondary N) is 1. The lowest BCUT2D eigenvalue weighted by atomic mass is 10.1. The number of amides is 1. The van der Waals surface area contributed by atoms with Gasteiger partial charge in [-0.25, -0.2) is 4.79 Å². The van der Waals surface area contributed by atoms with Gasteiger partial charge in [-0.2, -0.15) is 0 Å². The molecule has 1 rings (SSSR count). The average Bonchev–Trinajstić information content (AvgIpc) is 2.16. The minimum atomic E-state index is -0.475. The van der Waals surface area contributed by atoms with Gasteiger partial charge in [-0.3, -0.25) is 5.32 Å². The molecular formula is C13H18NO2. The van der Waals surface area contributed by atoms with Gasteiger partial charge in [-0.1, -0.05) is 12.1 Å². The van der Waals surface area contributed by atoms with Gasteiger partial charge in [0.2, 0.25) is 0 Å². The number of hydrogen-bond donors (Lipinski definition) is 1. The van der Waals surface area contributed by atoms with E-state index in [9.17, 15) is 4.79 Å². The maximum atomic E-state index is 11.4. The Labute approximate surface area is 96.8 Å². The molecule has 3 heteroatoms. The molecule has 0 aliphatic rings. The zero-order valence-corrected chi connectivity index (χ0v) is 10.0. The molecule has 1 N–H and O–H groups in total. The molecule has 1 amide bonds. The van der Waals surface area contributed by atoms with Crippen molar-refractivity contribution >= 4 is 11.8 Å². The topological polar surface area (TPSA) is 38.3 Å². The maximum Gasteiger partial charge on any atom is 0.412 e. The van der Waals surface area contributed by atoms with Crippen LogP contribution in [0.25, 0.3) is 0 Å². The van der Waals surface area contributed by atoms with Gasteiger partial charge in [0.25, 0.3) is 0 Å². The van der Waals surface area contributed by atoms with E-state index in [4.69, 9.17) is 4.74 Å². The number of hydrogen-bond acceptors (Lipinski definition) is 2. The first kappa shape index (κ1) is 12.6. The molecule has 0 spiro atoms. The van der Waals surface area contributed by atoms with Crippen molar-refractivity contribution in [1.29, 1.82) is 0 Å². The van der Waals surface area contributed by atoms with Gasteiger partial charge < -0.3 is 4.74 Å². The van der Waals surface area contributed by atoms with E-state index in [2.05, 4.69) is 12.2 Å². The number of anilines is 1. The van der Waals surface area contributed by atoms with E-state index in [1.54, 1.807) is 0 Å². The van der Waals surface area contributed by atoms with E-state index >= 15 is 0 Å². The van der Waals surface area contributed by atoms with Crippen LogP contribution < -0.4 is 5.32 Å². The van der Waals surface area contributed by atoms with Crippen LogP contribution in [0.3, 0.4) is 0 Å². The summed E-state index contributed by atoms with van der Waals surface area (Å²) in [6, 6.07) is 7.54. The Morgan fingerprint density at radius 3 is 2.31 bits per heavy atom. The Morgan fingerprint density at radius 1 is 1.31 bits per heavy atom. The standard InChI is InChI=1S/C13H18NO2/c1-5-10-6-8-11(9-7-10)14-12(15)16-13(2,3)4/h6-9H,1,5H2,2-4H3,(H,14,15). The van der Waals surface area contributed by atoms with E-state index in [1.165, 1.54) is 0 Å². The second-order valence-electron chi connectivity index (χ2n) is 4.57. The second kappa shape index (κ2) is 5.01. The van der Waals surface area contributed by atoms with Crippen LogP contribution in [-0.2, 0) is 11.2 Å². The molecule has 3 nitrogen and oxygen atoms in total. The summed E-state index contributed by atoms with van der Waals surface area (Å²) in [6.45, 7) is 9.28. The van der Waals surface area contributed by atoms with Crippen LogP contribution in [-0.4, -0.2) is 11.7 Å². The van der Waals surface area contributed by atoms with Crippen LogP contribution in [0.15, 0.2) is 24.3 Å². The number of rotatable bonds is 2. The lowest BCUT2D eigenvalue weighted by molar-refractivity contribution is 0.0636. The number of carbonyl (C=O) groups is 1. The molecule has 0 bridgehead atoms. The van der Waals surface area contributed by atoms with E-state index in [0.717, 1.165) is 17.7 Å². The summed E-state index contributed by atoms with van der Waals surface area (Å²) in [5.74, 6) is 0. The van der Waals surface area contributed by atoms with E-state index in [1.807, 2.05) is 45.0 Å². The normalized spacial score (nSPS) is 11.0. The third kappa shape index (κ3) is 4.34. The largest absolute Gasteiger partial charge is 0.444 e. The Morgan fingerprint density at radius 2 is 1.88 bits per heavy atom. The Balaban J connectivity index is 2.56. The van der Waals surface area contributed by atoms with Gasteiger partial charge in [0.05, 0.1) is 0 Å². The lowest BCUT2D eigenvalue weighted by Gasteiger charge is -2.19. The molecule has 16 heavy (non-hydrogen) atoms. The molecule has 0 aliphatic carbocycles. The molecule has 1 aromatic carbocycles. The highest BCUT2D eigenvalue weighted by atomic mass is 16.6. The molecule has 0 aromatic heterocycles. The fourth-order valence-electron chi connectivity index (χ4n) is 1.18. The van der Waals surface area contributed by atoms with Gasteiger partial charge in [-0.15, -0.1) is 0 Å². The first-order chi connectivity index (χ1) is 7.40. The zero-order valence-electron chi connectivity index (χ0n) is 10.0. The third-order valence-electron chi connectivity index (χ3n) is 1.89. The summed E-state index contributed by atoms with van der Waals surface area (Å²) in [5, 5.41) is 2.67. The molecule has 0 fully saturated rings. The summed E-state index contributed by atoms with van der Waals surface area (Å²) >= 11 is 0. The van der Waals surface area contributed by atoms with Crippen molar-refractivity contribution in [2.24, 2.45) is 0 Å². The van der Waals surface area contributed by atoms with Crippen LogP contribution >= 0.6 is 0 Å². The molecule has 1 radical (unpaired) electrons. The van der Waals surface area contributed by atoms with Crippen molar-refractivity contribution in [2.75, 3.05) is 5.32 Å². The minimum absolute atomic E-state index is 0.435. The first-order valence-corrected chi connectivity index (χ1v) is 5.29. The predicted octanol–water partition coefficient (Wildman–Crippen LogP) is 3.41. The fourth-order valence-corrected chi connectivity index (χ4v) is 1.18. The summed E-state index contributed by atoms with van der Waals surface area (Å²) < 4.78 is 5.14. The summed E-state index contributed by atoms with van der Waals surface area (Å²) in [5.41, 5.74) is 1.39. The van der Waals surface area contributed by atoms with Crippen LogP contribution in [0.5, 0.6) is 0 Å².